The number of carbonyl (C=O) groups is 2. The van der Waals surface area contributed by atoms with Crippen molar-refractivity contribution in [3.63, 3.8) is 0 Å². The number of carboxylic acid groups (broad SMARTS) is 1. The van der Waals surface area contributed by atoms with Crippen LogP contribution >= 0.6 is 11.6 Å². The monoisotopic (exact) mass is 228 g/mol. The molecule has 0 aliphatic carbocycles. The van der Waals surface area contributed by atoms with Gasteiger partial charge in [-0.3, -0.25) is 0 Å². The zero-order valence-electron chi connectivity index (χ0n) is 7.87. The van der Waals surface area contributed by atoms with Gasteiger partial charge in [0, 0.05) is 17.8 Å². The van der Waals surface area contributed by atoms with Crippen molar-refractivity contribution in [2.45, 2.75) is 0 Å². The van der Waals surface area contributed by atoms with Crippen LogP contribution in [-0.2, 0) is 0 Å². The van der Waals surface area contributed by atoms with Gasteiger partial charge in [-0.25, -0.2) is 9.59 Å². The van der Waals surface area contributed by atoms with Gasteiger partial charge in [0.1, 0.15) is 0 Å². The number of rotatable bonds is 2. The first-order valence-electron chi connectivity index (χ1n) is 4.05. The molecule has 3 N–H and O–H groups in total. The maximum atomic E-state index is 11.0. The summed E-state index contributed by atoms with van der Waals surface area (Å²) in [5.74, 6) is -1.10. The molecule has 0 aliphatic heterocycles. The van der Waals surface area contributed by atoms with E-state index in [4.69, 9.17) is 16.7 Å². The van der Waals surface area contributed by atoms with Gasteiger partial charge in [0.25, 0.3) is 0 Å². The SMILES string of the molecule is CNC(=O)Nc1cc(Cl)cc(C(=O)O)c1. The molecule has 0 saturated carbocycles. The van der Waals surface area contributed by atoms with Crippen LogP contribution in [0.1, 0.15) is 10.4 Å². The van der Waals surface area contributed by atoms with Crippen molar-refractivity contribution in [3.8, 4) is 0 Å². The van der Waals surface area contributed by atoms with Crippen molar-refractivity contribution in [1.29, 1.82) is 0 Å². The van der Waals surface area contributed by atoms with Crippen molar-refractivity contribution in [2.24, 2.45) is 0 Å². The second-order valence-electron chi connectivity index (χ2n) is 2.74. The van der Waals surface area contributed by atoms with Crippen LogP contribution in [0.4, 0.5) is 10.5 Å². The summed E-state index contributed by atoms with van der Waals surface area (Å²) >= 11 is 5.69. The van der Waals surface area contributed by atoms with Crippen molar-refractivity contribution in [3.05, 3.63) is 28.8 Å². The zero-order chi connectivity index (χ0) is 11.4. The number of hydrogen-bond donors (Lipinski definition) is 3. The lowest BCUT2D eigenvalue weighted by Gasteiger charge is -2.05. The Hall–Kier alpha value is -1.75. The predicted molar refractivity (Wildman–Crippen MR) is 56.5 cm³/mol. The van der Waals surface area contributed by atoms with Gasteiger partial charge in [0.05, 0.1) is 5.56 Å². The Kier molecular flexibility index (Phi) is 3.51. The molecule has 0 heterocycles. The highest BCUT2D eigenvalue weighted by atomic mass is 35.5. The number of hydrogen-bond acceptors (Lipinski definition) is 2. The van der Waals surface area contributed by atoms with E-state index in [1.807, 2.05) is 0 Å². The largest absolute Gasteiger partial charge is 0.478 e. The molecule has 0 atom stereocenters. The molecule has 80 valence electrons. The first kappa shape index (κ1) is 11.3. The molecule has 0 saturated heterocycles. The smallest absolute Gasteiger partial charge is 0.335 e. The summed E-state index contributed by atoms with van der Waals surface area (Å²) in [5, 5.41) is 13.8. The van der Waals surface area contributed by atoms with E-state index in [0.717, 1.165) is 0 Å². The van der Waals surface area contributed by atoms with Gasteiger partial charge >= 0.3 is 12.0 Å². The Balaban J connectivity index is 2.98. The van der Waals surface area contributed by atoms with E-state index < -0.39 is 12.0 Å². The zero-order valence-corrected chi connectivity index (χ0v) is 8.63. The Morgan fingerprint density at radius 1 is 1.33 bits per heavy atom. The fraction of sp³-hybridized carbons (Fsp3) is 0.111. The van der Waals surface area contributed by atoms with Gasteiger partial charge in [-0.05, 0) is 18.2 Å². The number of halogens is 1. The third kappa shape index (κ3) is 3.14. The van der Waals surface area contributed by atoms with E-state index in [-0.39, 0.29) is 10.6 Å². The summed E-state index contributed by atoms with van der Waals surface area (Å²) in [6, 6.07) is 3.65. The first-order valence-corrected chi connectivity index (χ1v) is 4.43. The van der Waals surface area contributed by atoms with Crippen molar-refractivity contribution >= 4 is 29.3 Å². The van der Waals surface area contributed by atoms with Gasteiger partial charge in [-0.2, -0.15) is 0 Å². The molecule has 15 heavy (non-hydrogen) atoms. The summed E-state index contributed by atoms with van der Waals surface area (Å²) in [5.41, 5.74) is 0.355. The normalized spacial score (nSPS) is 9.47. The van der Waals surface area contributed by atoms with E-state index in [1.165, 1.54) is 25.2 Å². The minimum absolute atomic E-state index is 0.0221. The lowest BCUT2D eigenvalue weighted by molar-refractivity contribution is 0.0697. The molecule has 1 aromatic carbocycles. The van der Waals surface area contributed by atoms with Gasteiger partial charge in [-0.15, -0.1) is 0 Å². The minimum atomic E-state index is -1.10. The summed E-state index contributed by atoms with van der Waals surface area (Å²) in [6.07, 6.45) is 0. The average molecular weight is 229 g/mol. The van der Waals surface area contributed by atoms with Crippen molar-refractivity contribution in [1.82, 2.24) is 5.32 Å². The molecule has 0 radical (unpaired) electrons. The fourth-order valence-corrected chi connectivity index (χ4v) is 1.21. The quantitative estimate of drug-likeness (QED) is 0.722. The molecular weight excluding hydrogens is 220 g/mol. The van der Waals surface area contributed by atoms with Crippen LogP contribution < -0.4 is 10.6 Å². The van der Waals surface area contributed by atoms with Crippen molar-refractivity contribution in [2.75, 3.05) is 12.4 Å². The maximum Gasteiger partial charge on any atom is 0.335 e. The maximum absolute atomic E-state index is 11.0. The Morgan fingerprint density at radius 3 is 2.53 bits per heavy atom. The summed E-state index contributed by atoms with van der Waals surface area (Å²) in [4.78, 5) is 21.6. The Morgan fingerprint density at radius 2 is 2.00 bits per heavy atom. The van der Waals surface area contributed by atoms with Gasteiger partial charge < -0.3 is 15.7 Å². The van der Waals surface area contributed by atoms with Crippen LogP contribution in [0.5, 0.6) is 0 Å². The van der Waals surface area contributed by atoms with Crippen LogP contribution in [-0.4, -0.2) is 24.2 Å². The summed E-state index contributed by atoms with van der Waals surface area (Å²) in [7, 11) is 1.46. The highest BCUT2D eigenvalue weighted by Crippen LogP contribution is 2.19. The molecule has 0 unspecified atom stereocenters. The fourth-order valence-electron chi connectivity index (χ4n) is 0.979. The van der Waals surface area contributed by atoms with Gasteiger partial charge in [0.2, 0.25) is 0 Å². The molecule has 1 aromatic rings. The molecule has 0 bridgehead atoms. The third-order valence-corrected chi connectivity index (χ3v) is 1.85. The number of carboxylic acids is 1. The number of amides is 2. The predicted octanol–water partition coefficient (Wildman–Crippen LogP) is 1.79. The van der Waals surface area contributed by atoms with Crippen LogP contribution in [0, 0.1) is 0 Å². The van der Waals surface area contributed by atoms with Crippen LogP contribution in [0.15, 0.2) is 18.2 Å². The summed E-state index contributed by atoms with van der Waals surface area (Å²) < 4.78 is 0. The van der Waals surface area contributed by atoms with E-state index in [9.17, 15) is 9.59 Å². The number of nitrogens with one attached hydrogen (secondary N) is 2. The van der Waals surface area contributed by atoms with Crippen LogP contribution in [0.25, 0.3) is 0 Å². The molecule has 0 spiro atoms. The van der Waals surface area contributed by atoms with E-state index in [2.05, 4.69) is 10.6 Å². The molecule has 2 amide bonds. The average Bonchev–Trinajstić information content (AvgIpc) is 2.16. The number of carbonyl (C=O) groups excluding carboxylic acids is 1. The second-order valence-corrected chi connectivity index (χ2v) is 3.17. The topological polar surface area (TPSA) is 78.4 Å². The Labute approximate surface area is 91.0 Å². The van der Waals surface area contributed by atoms with Crippen LogP contribution in [0.2, 0.25) is 5.02 Å². The van der Waals surface area contributed by atoms with Crippen molar-refractivity contribution < 1.29 is 14.7 Å². The number of urea groups is 1. The molecule has 6 heteroatoms. The van der Waals surface area contributed by atoms with E-state index >= 15 is 0 Å². The first-order chi connectivity index (χ1) is 7.02. The summed E-state index contributed by atoms with van der Waals surface area (Å²) in [6.45, 7) is 0. The van der Waals surface area contributed by atoms with Crippen LogP contribution in [0.3, 0.4) is 0 Å². The second kappa shape index (κ2) is 4.65. The number of anilines is 1. The molecule has 1 rings (SSSR count). The molecule has 0 aromatic heterocycles. The third-order valence-electron chi connectivity index (χ3n) is 1.63. The highest BCUT2D eigenvalue weighted by molar-refractivity contribution is 6.31. The lowest BCUT2D eigenvalue weighted by atomic mass is 10.2. The minimum Gasteiger partial charge on any atom is -0.478 e. The molecule has 0 aliphatic rings. The number of aromatic carboxylic acids is 1. The standard InChI is InChI=1S/C9H9ClN2O3/c1-11-9(15)12-7-3-5(8(13)14)2-6(10)4-7/h2-4H,1H3,(H,13,14)(H2,11,12,15). The van der Waals surface area contributed by atoms with Gasteiger partial charge in [0.15, 0.2) is 0 Å². The Bertz CT molecular complexity index is 406. The highest BCUT2D eigenvalue weighted by Gasteiger charge is 2.07. The number of benzene rings is 1. The molecule has 0 fully saturated rings. The molecule has 5 nitrogen and oxygen atoms in total. The van der Waals surface area contributed by atoms with E-state index in [1.54, 1.807) is 0 Å². The van der Waals surface area contributed by atoms with Gasteiger partial charge in [-0.1, -0.05) is 11.6 Å². The lowest BCUT2D eigenvalue weighted by Crippen LogP contribution is -2.24. The molecular formula is C9H9ClN2O3. The van der Waals surface area contributed by atoms with E-state index in [0.29, 0.717) is 5.69 Å².